The summed E-state index contributed by atoms with van der Waals surface area (Å²) in [5.41, 5.74) is 5.53. The molecule has 0 aliphatic rings. The maximum atomic E-state index is 2.38. The maximum Gasteiger partial charge on any atom is -0.0247 e. The predicted molar refractivity (Wildman–Crippen MR) is 78.7 cm³/mol. The van der Waals surface area contributed by atoms with Gasteiger partial charge in [0, 0.05) is 0 Å². The molecular weight excluding hydrogens is 216 g/mol. The molecule has 2 rings (SSSR count). The molecule has 0 heterocycles. The highest BCUT2D eigenvalue weighted by Crippen LogP contribution is 2.10. The number of aryl methyl sites for hydroxylation is 3. The first-order valence-electron chi connectivity index (χ1n) is 6.67. The zero-order chi connectivity index (χ0) is 12.8. The standard InChI is InChI=1S/C18H21/c1-15-10-12-17(13-11-15)7-3-4-8-18-9-5-6-16(2)14-18/h3,5-6,9-14H,4,7-8H2,1-2H3. The van der Waals surface area contributed by atoms with Crippen molar-refractivity contribution in [1.82, 2.24) is 0 Å². The SMILES string of the molecule is Cc1ccc(C[CH]CCc2cccc(C)c2)cc1. The Morgan fingerprint density at radius 3 is 2.33 bits per heavy atom. The van der Waals surface area contributed by atoms with Crippen molar-refractivity contribution in [3.63, 3.8) is 0 Å². The Kier molecular flexibility index (Phi) is 4.58. The summed E-state index contributed by atoms with van der Waals surface area (Å²) in [6.45, 7) is 4.28. The Hall–Kier alpha value is -1.56. The molecule has 0 spiro atoms. The van der Waals surface area contributed by atoms with Crippen molar-refractivity contribution in [3.8, 4) is 0 Å². The second-order valence-corrected chi connectivity index (χ2v) is 5.01. The van der Waals surface area contributed by atoms with Gasteiger partial charge in [0.05, 0.1) is 0 Å². The van der Waals surface area contributed by atoms with Gasteiger partial charge in [-0.3, -0.25) is 0 Å². The van der Waals surface area contributed by atoms with Gasteiger partial charge in [-0.25, -0.2) is 0 Å². The first kappa shape index (κ1) is 12.9. The van der Waals surface area contributed by atoms with Crippen LogP contribution in [0.5, 0.6) is 0 Å². The molecular formula is C18H21. The molecule has 0 amide bonds. The summed E-state index contributed by atoms with van der Waals surface area (Å²) in [7, 11) is 0. The molecule has 93 valence electrons. The molecule has 0 aliphatic heterocycles. The molecule has 0 bridgehead atoms. The molecule has 0 nitrogen and oxygen atoms in total. The van der Waals surface area contributed by atoms with E-state index in [1.807, 2.05) is 0 Å². The summed E-state index contributed by atoms with van der Waals surface area (Å²) in [5.74, 6) is 0. The molecule has 1 radical (unpaired) electrons. The average Bonchev–Trinajstić information content (AvgIpc) is 2.37. The minimum atomic E-state index is 1.08. The van der Waals surface area contributed by atoms with E-state index in [4.69, 9.17) is 0 Å². The van der Waals surface area contributed by atoms with Crippen LogP contribution in [0.25, 0.3) is 0 Å². The normalized spacial score (nSPS) is 10.6. The predicted octanol–water partition coefficient (Wildman–Crippen LogP) is 4.68. The monoisotopic (exact) mass is 237 g/mol. The zero-order valence-electron chi connectivity index (χ0n) is 11.3. The topological polar surface area (TPSA) is 0 Å². The van der Waals surface area contributed by atoms with Crippen LogP contribution >= 0.6 is 0 Å². The summed E-state index contributed by atoms with van der Waals surface area (Å²) in [5, 5.41) is 0. The van der Waals surface area contributed by atoms with E-state index in [9.17, 15) is 0 Å². The van der Waals surface area contributed by atoms with Gasteiger partial charge in [0.15, 0.2) is 0 Å². The Balaban J connectivity index is 1.74. The van der Waals surface area contributed by atoms with E-state index in [-0.39, 0.29) is 0 Å². The molecule has 0 saturated carbocycles. The third-order valence-corrected chi connectivity index (χ3v) is 3.22. The Morgan fingerprint density at radius 2 is 1.61 bits per heavy atom. The van der Waals surface area contributed by atoms with Gasteiger partial charge in [0.1, 0.15) is 0 Å². The van der Waals surface area contributed by atoms with Crippen LogP contribution in [0.3, 0.4) is 0 Å². The quantitative estimate of drug-likeness (QED) is 0.662. The van der Waals surface area contributed by atoms with E-state index < -0.39 is 0 Å². The van der Waals surface area contributed by atoms with E-state index >= 15 is 0 Å². The fraction of sp³-hybridized carbons (Fsp3) is 0.278. The van der Waals surface area contributed by atoms with Gasteiger partial charge in [0.2, 0.25) is 0 Å². The molecule has 18 heavy (non-hydrogen) atoms. The van der Waals surface area contributed by atoms with Crippen molar-refractivity contribution >= 4 is 0 Å². The molecule has 0 saturated heterocycles. The molecule has 2 aromatic carbocycles. The molecule has 0 unspecified atom stereocenters. The van der Waals surface area contributed by atoms with Crippen molar-refractivity contribution < 1.29 is 0 Å². The van der Waals surface area contributed by atoms with Gasteiger partial charge in [0.25, 0.3) is 0 Å². The van der Waals surface area contributed by atoms with Gasteiger partial charge in [-0.1, -0.05) is 59.7 Å². The highest BCUT2D eigenvalue weighted by atomic mass is 14.0. The number of rotatable bonds is 5. The van der Waals surface area contributed by atoms with Crippen molar-refractivity contribution in [2.75, 3.05) is 0 Å². The smallest absolute Gasteiger partial charge is 0.0247 e. The fourth-order valence-electron chi connectivity index (χ4n) is 2.13. The lowest BCUT2D eigenvalue weighted by Crippen LogP contribution is -1.91. The fourth-order valence-corrected chi connectivity index (χ4v) is 2.13. The minimum Gasteiger partial charge on any atom is -0.0617 e. The Labute approximate surface area is 111 Å². The third-order valence-electron chi connectivity index (χ3n) is 3.22. The number of unbranched alkanes of at least 4 members (excludes halogenated alkanes) is 1. The number of hydrogen-bond acceptors (Lipinski definition) is 0. The van der Waals surface area contributed by atoms with Gasteiger partial charge in [-0.05, 0) is 50.7 Å². The van der Waals surface area contributed by atoms with Crippen LogP contribution in [0.4, 0.5) is 0 Å². The lowest BCUT2D eigenvalue weighted by atomic mass is 10.0. The number of benzene rings is 2. The lowest BCUT2D eigenvalue weighted by Gasteiger charge is -2.04. The summed E-state index contributed by atoms with van der Waals surface area (Å²) in [6.07, 6.45) is 5.75. The molecule has 0 atom stereocenters. The third kappa shape index (κ3) is 4.03. The van der Waals surface area contributed by atoms with Crippen LogP contribution in [0, 0.1) is 20.3 Å². The van der Waals surface area contributed by atoms with Crippen LogP contribution in [-0.4, -0.2) is 0 Å². The van der Waals surface area contributed by atoms with Crippen molar-refractivity contribution in [1.29, 1.82) is 0 Å². The van der Waals surface area contributed by atoms with Crippen molar-refractivity contribution in [2.45, 2.75) is 33.1 Å². The highest BCUT2D eigenvalue weighted by molar-refractivity contribution is 5.24. The lowest BCUT2D eigenvalue weighted by molar-refractivity contribution is 0.891. The van der Waals surface area contributed by atoms with Crippen LogP contribution in [0.2, 0.25) is 0 Å². The van der Waals surface area contributed by atoms with E-state index in [1.165, 1.54) is 22.3 Å². The largest absolute Gasteiger partial charge is 0.0617 e. The molecule has 0 aliphatic carbocycles. The second kappa shape index (κ2) is 6.39. The van der Waals surface area contributed by atoms with E-state index in [0.29, 0.717) is 0 Å². The molecule has 2 aromatic rings. The van der Waals surface area contributed by atoms with Crippen LogP contribution in [0.15, 0.2) is 48.5 Å². The average molecular weight is 237 g/mol. The molecule has 0 heteroatoms. The number of hydrogen-bond donors (Lipinski definition) is 0. The van der Waals surface area contributed by atoms with Crippen LogP contribution < -0.4 is 0 Å². The first-order valence-corrected chi connectivity index (χ1v) is 6.67. The second-order valence-electron chi connectivity index (χ2n) is 5.01. The van der Waals surface area contributed by atoms with Gasteiger partial charge in [-0.15, -0.1) is 0 Å². The first-order chi connectivity index (χ1) is 8.74. The van der Waals surface area contributed by atoms with Crippen molar-refractivity contribution in [3.05, 3.63) is 77.2 Å². The van der Waals surface area contributed by atoms with Crippen LogP contribution in [-0.2, 0) is 12.8 Å². The Morgan fingerprint density at radius 1 is 0.833 bits per heavy atom. The van der Waals surface area contributed by atoms with Crippen molar-refractivity contribution in [2.24, 2.45) is 0 Å². The van der Waals surface area contributed by atoms with Gasteiger partial charge in [-0.2, -0.15) is 0 Å². The van der Waals surface area contributed by atoms with Gasteiger partial charge < -0.3 is 0 Å². The zero-order valence-corrected chi connectivity index (χ0v) is 11.3. The van der Waals surface area contributed by atoms with Gasteiger partial charge >= 0.3 is 0 Å². The van der Waals surface area contributed by atoms with Crippen LogP contribution in [0.1, 0.15) is 28.7 Å². The summed E-state index contributed by atoms with van der Waals surface area (Å²) in [6, 6.07) is 17.6. The van der Waals surface area contributed by atoms with E-state index in [2.05, 4.69) is 68.8 Å². The summed E-state index contributed by atoms with van der Waals surface area (Å²) in [4.78, 5) is 0. The summed E-state index contributed by atoms with van der Waals surface area (Å²) < 4.78 is 0. The summed E-state index contributed by atoms with van der Waals surface area (Å²) >= 11 is 0. The molecule has 0 fully saturated rings. The molecule has 0 aromatic heterocycles. The Bertz CT molecular complexity index is 480. The minimum absolute atomic E-state index is 1.08. The van der Waals surface area contributed by atoms with E-state index in [0.717, 1.165) is 19.3 Å². The maximum absolute atomic E-state index is 2.38. The molecule has 0 N–H and O–H groups in total. The van der Waals surface area contributed by atoms with E-state index in [1.54, 1.807) is 0 Å². The highest BCUT2D eigenvalue weighted by Gasteiger charge is 1.96.